The second kappa shape index (κ2) is 8.66. The molecule has 3 unspecified atom stereocenters. The molecule has 1 aliphatic rings. The van der Waals surface area contributed by atoms with E-state index >= 15 is 0 Å². The molecule has 1 rings (SSSR count). The summed E-state index contributed by atoms with van der Waals surface area (Å²) in [5.74, 6) is 1.75. The topological polar surface area (TPSA) is 49.4 Å². The van der Waals surface area contributed by atoms with Gasteiger partial charge in [0, 0.05) is 6.54 Å². The Morgan fingerprint density at radius 1 is 1.29 bits per heavy atom. The molecule has 1 heterocycles. The Balaban J connectivity index is 2.88. The quantitative estimate of drug-likeness (QED) is 0.700. The summed E-state index contributed by atoms with van der Waals surface area (Å²) in [7, 11) is 0. The highest BCUT2D eigenvalue weighted by Crippen LogP contribution is 2.23. The molecule has 21 heavy (non-hydrogen) atoms. The summed E-state index contributed by atoms with van der Waals surface area (Å²) in [6, 6.07) is -0.639. The predicted octanol–water partition coefficient (Wildman–Crippen LogP) is 2.53. The molecule has 0 aromatic carbocycles. The van der Waals surface area contributed by atoms with Crippen molar-refractivity contribution in [2.24, 2.45) is 11.8 Å². The highest BCUT2D eigenvalue weighted by molar-refractivity contribution is 7.98. The van der Waals surface area contributed by atoms with Gasteiger partial charge in [-0.2, -0.15) is 11.8 Å². The van der Waals surface area contributed by atoms with Crippen LogP contribution in [0.2, 0.25) is 0 Å². The van der Waals surface area contributed by atoms with E-state index in [0.29, 0.717) is 12.5 Å². The van der Waals surface area contributed by atoms with Gasteiger partial charge in [0.15, 0.2) is 0 Å². The Labute approximate surface area is 133 Å². The van der Waals surface area contributed by atoms with Gasteiger partial charge >= 0.3 is 0 Å². The SMILES string of the molecule is CCC(C)C1C(=O)NC(CC(C)C)C(=O)N1CCCSC. The Morgan fingerprint density at radius 3 is 2.48 bits per heavy atom. The van der Waals surface area contributed by atoms with Gasteiger partial charge in [0.2, 0.25) is 11.8 Å². The third-order valence-corrected chi connectivity index (χ3v) is 4.84. The number of hydrogen-bond donors (Lipinski definition) is 1. The lowest BCUT2D eigenvalue weighted by Gasteiger charge is -2.42. The molecule has 0 saturated carbocycles. The van der Waals surface area contributed by atoms with Crippen LogP contribution in [0.25, 0.3) is 0 Å². The second-order valence-corrected chi connectivity index (χ2v) is 7.38. The molecule has 0 spiro atoms. The van der Waals surface area contributed by atoms with Crippen molar-refractivity contribution in [3.63, 3.8) is 0 Å². The first-order chi connectivity index (χ1) is 9.92. The zero-order valence-electron chi connectivity index (χ0n) is 14.0. The molecule has 0 radical (unpaired) electrons. The van der Waals surface area contributed by atoms with Crippen molar-refractivity contribution in [2.75, 3.05) is 18.6 Å². The fourth-order valence-corrected chi connectivity index (χ4v) is 3.26. The van der Waals surface area contributed by atoms with E-state index in [0.717, 1.165) is 25.0 Å². The van der Waals surface area contributed by atoms with Crippen LogP contribution >= 0.6 is 11.8 Å². The molecule has 5 heteroatoms. The Bertz CT molecular complexity index is 360. The van der Waals surface area contributed by atoms with Crippen LogP contribution in [-0.2, 0) is 9.59 Å². The molecule has 1 aliphatic heterocycles. The van der Waals surface area contributed by atoms with Gasteiger partial charge < -0.3 is 10.2 Å². The van der Waals surface area contributed by atoms with E-state index in [-0.39, 0.29) is 29.8 Å². The minimum atomic E-state index is -0.341. The number of rotatable bonds is 8. The fraction of sp³-hybridized carbons (Fsp3) is 0.875. The smallest absolute Gasteiger partial charge is 0.245 e. The van der Waals surface area contributed by atoms with Crippen molar-refractivity contribution in [1.82, 2.24) is 10.2 Å². The van der Waals surface area contributed by atoms with Crippen LogP contribution in [-0.4, -0.2) is 47.4 Å². The van der Waals surface area contributed by atoms with E-state index in [4.69, 9.17) is 0 Å². The summed E-state index contributed by atoms with van der Waals surface area (Å²) >= 11 is 1.78. The van der Waals surface area contributed by atoms with E-state index in [9.17, 15) is 9.59 Å². The Kier molecular flexibility index (Phi) is 7.57. The first-order valence-electron chi connectivity index (χ1n) is 8.02. The molecule has 122 valence electrons. The van der Waals surface area contributed by atoms with Crippen LogP contribution in [0.15, 0.2) is 0 Å². The standard InChI is InChI=1S/C16H30N2O2S/c1-6-12(4)14-15(19)17-13(10-11(2)3)16(20)18(14)8-7-9-21-5/h11-14H,6-10H2,1-5H3,(H,17,19). The highest BCUT2D eigenvalue weighted by Gasteiger charge is 2.42. The minimum absolute atomic E-state index is 0.0266. The molecule has 1 N–H and O–H groups in total. The largest absolute Gasteiger partial charge is 0.342 e. The van der Waals surface area contributed by atoms with E-state index in [1.165, 1.54) is 0 Å². The number of nitrogens with one attached hydrogen (secondary N) is 1. The monoisotopic (exact) mass is 314 g/mol. The molecule has 4 nitrogen and oxygen atoms in total. The average molecular weight is 314 g/mol. The van der Waals surface area contributed by atoms with Gasteiger partial charge in [-0.25, -0.2) is 0 Å². The molecule has 0 bridgehead atoms. The van der Waals surface area contributed by atoms with Gasteiger partial charge in [0.1, 0.15) is 12.1 Å². The number of piperazine rings is 1. The van der Waals surface area contributed by atoms with Crippen molar-refractivity contribution in [1.29, 1.82) is 0 Å². The normalized spacial score (nSPS) is 24.4. The summed E-state index contributed by atoms with van der Waals surface area (Å²) in [5, 5.41) is 2.95. The van der Waals surface area contributed by atoms with Crippen LogP contribution in [0, 0.1) is 11.8 Å². The van der Waals surface area contributed by atoms with Crippen LogP contribution in [0.1, 0.15) is 47.0 Å². The molecule has 3 atom stereocenters. The molecular formula is C16H30N2O2S. The fourth-order valence-electron chi connectivity index (χ4n) is 2.85. The van der Waals surface area contributed by atoms with Crippen molar-refractivity contribution in [3.8, 4) is 0 Å². The van der Waals surface area contributed by atoms with Gasteiger partial charge in [-0.05, 0) is 36.7 Å². The number of thioether (sulfide) groups is 1. The van der Waals surface area contributed by atoms with Crippen molar-refractivity contribution < 1.29 is 9.59 Å². The molecule has 0 aromatic rings. The maximum Gasteiger partial charge on any atom is 0.245 e. The van der Waals surface area contributed by atoms with Crippen LogP contribution < -0.4 is 5.32 Å². The number of nitrogens with zero attached hydrogens (tertiary/aromatic N) is 1. The van der Waals surface area contributed by atoms with E-state index < -0.39 is 0 Å². The molecule has 0 aromatic heterocycles. The number of carbonyl (C=O) groups excluding carboxylic acids is 2. The van der Waals surface area contributed by atoms with Gasteiger partial charge in [-0.15, -0.1) is 0 Å². The summed E-state index contributed by atoms with van der Waals surface area (Å²) in [6.45, 7) is 8.98. The lowest BCUT2D eigenvalue weighted by molar-refractivity contribution is -0.151. The molecule has 0 aliphatic carbocycles. The lowest BCUT2D eigenvalue weighted by Crippen LogP contribution is -2.65. The van der Waals surface area contributed by atoms with Gasteiger partial charge in [-0.1, -0.05) is 34.1 Å². The third-order valence-electron chi connectivity index (χ3n) is 4.14. The summed E-state index contributed by atoms with van der Waals surface area (Å²) in [5.41, 5.74) is 0. The molecular weight excluding hydrogens is 284 g/mol. The minimum Gasteiger partial charge on any atom is -0.342 e. The van der Waals surface area contributed by atoms with Crippen LogP contribution in [0.3, 0.4) is 0 Å². The lowest BCUT2D eigenvalue weighted by atomic mass is 9.91. The highest BCUT2D eigenvalue weighted by atomic mass is 32.2. The van der Waals surface area contributed by atoms with Gasteiger partial charge in [0.25, 0.3) is 0 Å². The Morgan fingerprint density at radius 2 is 1.95 bits per heavy atom. The predicted molar refractivity (Wildman–Crippen MR) is 89.3 cm³/mol. The van der Waals surface area contributed by atoms with E-state index in [1.54, 1.807) is 11.8 Å². The summed E-state index contributed by atoms with van der Waals surface area (Å²) in [6.07, 6.45) is 4.63. The zero-order chi connectivity index (χ0) is 16.0. The number of carbonyl (C=O) groups is 2. The second-order valence-electron chi connectivity index (χ2n) is 6.40. The van der Waals surface area contributed by atoms with Crippen molar-refractivity contribution in [2.45, 2.75) is 59.0 Å². The molecule has 2 amide bonds. The number of hydrogen-bond acceptors (Lipinski definition) is 3. The Hall–Kier alpha value is -0.710. The van der Waals surface area contributed by atoms with Gasteiger partial charge in [0.05, 0.1) is 0 Å². The van der Waals surface area contributed by atoms with Crippen LogP contribution in [0.4, 0.5) is 0 Å². The van der Waals surface area contributed by atoms with E-state index in [2.05, 4.69) is 39.3 Å². The maximum atomic E-state index is 12.7. The van der Waals surface area contributed by atoms with Crippen molar-refractivity contribution >= 4 is 23.6 Å². The van der Waals surface area contributed by atoms with E-state index in [1.807, 2.05) is 4.90 Å². The summed E-state index contributed by atoms with van der Waals surface area (Å²) in [4.78, 5) is 27.0. The maximum absolute atomic E-state index is 12.7. The first kappa shape index (κ1) is 18.3. The average Bonchev–Trinajstić information content (AvgIpc) is 2.42. The van der Waals surface area contributed by atoms with Crippen molar-refractivity contribution in [3.05, 3.63) is 0 Å². The summed E-state index contributed by atoms with van der Waals surface area (Å²) < 4.78 is 0. The third kappa shape index (κ3) is 4.90. The molecule has 1 saturated heterocycles. The van der Waals surface area contributed by atoms with Crippen LogP contribution in [0.5, 0.6) is 0 Å². The first-order valence-corrected chi connectivity index (χ1v) is 9.41. The number of amides is 2. The zero-order valence-corrected chi connectivity index (χ0v) is 14.8. The van der Waals surface area contributed by atoms with Gasteiger partial charge in [-0.3, -0.25) is 9.59 Å². The molecule has 1 fully saturated rings.